The number of hydrogen-bond acceptors (Lipinski definition) is 2. The number of rotatable bonds is 7. The van der Waals surface area contributed by atoms with Gasteiger partial charge in [-0.3, -0.25) is 4.57 Å². The van der Waals surface area contributed by atoms with Crippen LogP contribution in [0.4, 0.5) is 4.79 Å². The molecule has 0 saturated carbocycles. The largest absolute Gasteiger partial charge is 0.344 e. The summed E-state index contributed by atoms with van der Waals surface area (Å²) in [5.41, 5.74) is 0. The zero-order valence-electron chi connectivity index (χ0n) is 9.48. The minimum Gasteiger partial charge on any atom is -0.344 e. The van der Waals surface area contributed by atoms with Crippen LogP contribution in [0.5, 0.6) is 0 Å². The Morgan fingerprint density at radius 1 is 1.50 bits per heavy atom. The summed E-state index contributed by atoms with van der Waals surface area (Å²) in [5.74, 6) is 0. The quantitative estimate of drug-likeness (QED) is 0.363. The predicted molar refractivity (Wildman–Crippen MR) is 65.7 cm³/mol. The summed E-state index contributed by atoms with van der Waals surface area (Å²) >= 11 is 0. The number of amides is 2. The molecule has 0 aromatic heterocycles. The van der Waals surface area contributed by atoms with Crippen molar-refractivity contribution in [1.29, 1.82) is 0 Å². The second-order valence-electron chi connectivity index (χ2n) is 3.48. The number of hydrogen-bond donors (Lipinski definition) is 3. The van der Waals surface area contributed by atoms with Crippen molar-refractivity contribution in [3.05, 3.63) is 24.9 Å². The van der Waals surface area contributed by atoms with Gasteiger partial charge in [0.1, 0.15) is 0 Å². The van der Waals surface area contributed by atoms with Gasteiger partial charge in [-0.1, -0.05) is 12.7 Å². The van der Waals surface area contributed by atoms with Crippen molar-refractivity contribution < 1.29 is 14.3 Å². The van der Waals surface area contributed by atoms with E-state index in [4.69, 9.17) is 4.89 Å². The molecular formula is C10H19N2O3P. The summed E-state index contributed by atoms with van der Waals surface area (Å²) in [6.07, 6.45) is 6.27. The highest BCUT2D eigenvalue weighted by Crippen LogP contribution is 2.35. The Morgan fingerprint density at radius 2 is 2.19 bits per heavy atom. The zero-order valence-corrected chi connectivity index (χ0v) is 10.4. The molecule has 0 aliphatic heterocycles. The molecule has 1 unspecified atom stereocenters. The van der Waals surface area contributed by atoms with Gasteiger partial charge in [-0.2, -0.15) is 0 Å². The number of unbranched alkanes of at least 4 members (excludes halogenated alkanes) is 1. The van der Waals surface area contributed by atoms with E-state index in [9.17, 15) is 9.36 Å². The monoisotopic (exact) mass is 246 g/mol. The van der Waals surface area contributed by atoms with E-state index in [-0.39, 0.29) is 6.03 Å². The van der Waals surface area contributed by atoms with Crippen LogP contribution < -0.4 is 10.6 Å². The van der Waals surface area contributed by atoms with Crippen LogP contribution in [0.25, 0.3) is 0 Å². The van der Waals surface area contributed by atoms with Gasteiger partial charge in [0.2, 0.25) is 0 Å². The molecule has 2 amide bonds. The third-order valence-electron chi connectivity index (χ3n) is 1.73. The number of nitrogens with one attached hydrogen (secondary N) is 2. The van der Waals surface area contributed by atoms with Crippen molar-refractivity contribution in [3.63, 3.8) is 0 Å². The van der Waals surface area contributed by atoms with Gasteiger partial charge in [0.15, 0.2) is 7.37 Å². The van der Waals surface area contributed by atoms with E-state index in [1.54, 1.807) is 12.2 Å². The molecule has 0 bridgehead atoms. The molecule has 0 aromatic carbocycles. The van der Waals surface area contributed by atoms with Gasteiger partial charge in [-0.05, 0) is 18.9 Å². The van der Waals surface area contributed by atoms with Crippen LogP contribution in [0.2, 0.25) is 0 Å². The molecule has 0 spiro atoms. The van der Waals surface area contributed by atoms with E-state index in [1.807, 2.05) is 0 Å². The van der Waals surface area contributed by atoms with E-state index in [0.29, 0.717) is 25.5 Å². The first-order valence-electron chi connectivity index (χ1n) is 5.07. The fourth-order valence-electron chi connectivity index (χ4n) is 0.975. The molecule has 0 radical (unpaired) electrons. The van der Waals surface area contributed by atoms with Crippen LogP contribution >= 0.6 is 7.37 Å². The van der Waals surface area contributed by atoms with Crippen molar-refractivity contribution in [2.45, 2.75) is 12.8 Å². The van der Waals surface area contributed by atoms with Gasteiger partial charge in [-0.25, -0.2) is 4.79 Å². The lowest BCUT2D eigenvalue weighted by atomic mass is 10.3. The van der Waals surface area contributed by atoms with Crippen LogP contribution in [-0.4, -0.2) is 30.3 Å². The lowest BCUT2D eigenvalue weighted by Crippen LogP contribution is -2.32. The van der Waals surface area contributed by atoms with Crippen molar-refractivity contribution in [3.8, 4) is 0 Å². The maximum atomic E-state index is 11.1. The Balaban J connectivity index is 3.45. The highest BCUT2D eigenvalue weighted by Gasteiger charge is 2.08. The first-order chi connectivity index (χ1) is 7.45. The average molecular weight is 246 g/mol. The maximum Gasteiger partial charge on any atom is 0.318 e. The Kier molecular flexibility index (Phi) is 7.60. The van der Waals surface area contributed by atoms with Gasteiger partial charge in [0, 0.05) is 25.6 Å². The Bertz CT molecular complexity index is 296. The van der Waals surface area contributed by atoms with E-state index in [1.165, 1.54) is 12.9 Å². The summed E-state index contributed by atoms with van der Waals surface area (Å²) in [5, 5.41) is 5.11. The molecule has 0 aromatic rings. The van der Waals surface area contributed by atoms with Gasteiger partial charge in [0.25, 0.3) is 0 Å². The van der Waals surface area contributed by atoms with Crippen LogP contribution in [0, 0.1) is 0 Å². The van der Waals surface area contributed by atoms with Gasteiger partial charge >= 0.3 is 6.03 Å². The minimum atomic E-state index is -2.90. The highest BCUT2D eigenvalue weighted by atomic mass is 31.2. The van der Waals surface area contributed by atoms with Crippen molar-refractivity contribution in [2.24, 2.45) is 0 Å². The van der Waals surface area contributed by atoms with Crippen molar-refractivity contribution >= 4 is 13.4 Å². The number of urea groups is 1. The molecule has 0 rings (SSSR count). The second-order valence-corrected chi connectivity index (χ2v) is 6.03. The lowest BCUT2D eigenvalue weighted by Gasteiger charge is -2.06. The smallest absolute Gasteiger partial charge is 0.318 e. The van der Waals surface area contributed by atoms with E-state index in [0.717, 1.165) is 0 Å². The summed E-state index contributed by atoms with van der Waals surface area (Å²) < 4.78 is 10.9. The van der Waals surface area contributed by atoms with E-state index < -0.39 is 7.37 Å². The van der Waals surface area contributed by atoms with Crippen LogP contribution in [0.3, 0.4) is 0 Å². The predicted octanol–water partition coefficient (Wildman–Crippen LogP) is 1.67. The third kappa shape index (κ3) is 11.0. The average Bonchev–Trinajstić information content (AvgIpc) is 2.16. The SMILES string of the molecule is C=C/C=C/NC(=O)NCCCCP(C)(=O)O. The Morgan fingerprint density at radius 3 is 2.75 bits per heavy atom. The maximum absolute atomic E-state index is 11.1. The molecule has 0 saturated heterocycles. The number of carbonyl (C=O) groups is 1. The lowest BCUT2D eigenvalue weighted by molar-refractivity contribution is 0.244. The summed E-state index contributed by atoms with van der Waals surface area (Å²) in [4.78, 5) is 20.1. The summed E-state index contributed by atoms with van der Waals surface area (Å²) in [6, 6.07) is -0.290. The molecule has 0 aliphatic rings. The molecule has 92 valence electrons. The highest BCUT2D eigenvalue weighted by molar-refractivity contribution is 7.57. The second kappa shape index (κ2) is 8.13. The molecule has 16 heavy (non-hydrogen) atoms. The first-order valence-corrected chi connectivity index (χ1v) is 7.36. The van der Waals surface area contributed by atoms with Gasteiger partial charge in [0.05, 0.1) is 0 Å². The summed E-state index contributed by atoms with van der Waals surface area (Å²) in [7, 11) is -2.90. The number of carbonyl (C=O) groups excluding carboxylic acids is 1. The fourth-order valence-corrected chi connectivity index (χ4v) is 1.79. The molecule has 0 heterocycles. The zero-order chi connectivity index (χ0) is 12.4. The van der Waals surface area contributed by atoms with E-state index in [2.05, 4.69) is 17.2 Å². The Hall–Kier alpha value is -1.06. The minimum absolute atomic E-state index is 0.290. The fraction of sp³-hybridized carbons (Fsp3) is 0.500. The standard InChI is InChI=1S/C10H19N2O3P/c1-3-4-7-11-10(13)12-8-5-6-9-16(2,14)15/h3-4,7H,1,5-6,8-9H2,2H3,(H,14,15)(H2,11,12,13)/b7-4+. The van der Waals surface area contributed by atoms with Crippen LogP contribution in [0.1, 0.15) is 12.8 Å². The number of allylic oxidation sites excluding steroid dienone is 2. The third-order valence-corrected chi connectivity index (χ3v) is 2.88. The molecule has 6 heteroatoms. The molecule has 0 aliphatic carbocycles. The molecular weight excluding hydrogens is 227 g/mol. The van der Waals surface area contributed by atoms with Crippen molar-refractivity contribution in [1.82, 2.24) is 10.6 Å². The van der Waals surface area contributed by atoms with Crippen molar-refractivity contribution in [2.75, 3.05) is 19.4 Å². The molecule has 3 N–H and O–H groups in total. The van der Waals surface area contributed by atoms with Gasteiger partial charge in [-0.15, -0.1) is 0 Å². The van der Waals surface area contributed by atoms with Gasteiger partial charge < -0.3 is 15.5 Å². The van der Waals surface area contributed by atoms with E-state index >= 15 is 0 Å². The molecule has 1 atom stereocenters. The topological polar surface area (TPSA) is 78.4 Å². The Labute approximate surface area is 96.1 Å². The first kappa shape index (κ1) is 14.9. The molecule has 5 nitrogen and oxygen atoms in total. The van der Waals surface area contributed by atoms with Crippen LogP contribution in [0.15, 0.2) is 24.9 Å². The summed E-state index contributed by atoms with van der Waals surface area (Å²) in [6.45, 7) is 5.29. The normalized spacial score (nSPS) is 14.4. The van der Waals surface area contributed by atoms with Crippen LogP contribution in [-0.2, 0) is 4.57 Å². The molecule has 0 fully saturated rings.